The first-order valence-corrected chi connectivity index (χ1v) is 10.2. The van der Waals surface area contributed by atoms with Gasteiger partial charge >= 0.3 is 5.97 Å². The third-order valence-electron chi connectivity index (χ3n) is 5.09. The zero-order valence-electron chi connectivity index (χ0n) is 18.2. The van der Waals surface area contributed by atoms with Crippen molar-refractivity contribution in [2.45, 2.75) is 26.7 Å². The van der Waals surface area contributed by atoms with Crippen LogP contribution in [0.3, 0.4) is 0 Å². The second kappa shape index (κ2) is 10.3. The summed E-state index contributed by atoms with van der Waals surface area (Å²) in [4.78, 5) is 28.6. The summed E-state index contributed by atoms with van der Waals surface area (Å²) in [7, 11) is 0. The van der Waals surface area contributed by atoms with Crippen LogP contribution in [0.5, 0.6) is 0 Å². The molecule has 164 valence electrons. The lowest BCUT2D eigenvalue weighted by atomic mass is 9.79. The van der Waals surface area contributed by atoms with E-state index >= 15 is 0 Å². The zero-order valence-corrected chi connectivity index (χ0v) is 18.2. The average Bonchev–Trinajstić information content (AvgIpc) is 2.79. The van der Waals surface area contributed by atoms with Crippen molar-refractivity contribution in [1.82, 2.24) is 10.3 Å². The molecule has 1 aliphatic rings. The Kier molecular flexibility index (Phi) is 7.33. The molecule has 2 heterocycles. The molecule has 0 aliphatic carbocycles. The summed E-state index contributed by atoms with van der Waals surface area (Å²) in [5.74, 6) is -1.06. The Morgan fingerprint density at radius 3 is 2.69 bits per heavy atom. The van der Waals surface area contributed by atoms with Gasteiger partial charge in [0.25, 0.3) is 5.69 Å². The number of nitrogens with zero attached hydrogens (tertiary/aromatic N) is 2. The number of rotatable bonds is 7. The minimum absolute atomic E-state index is 0.0429. The number of nitrogens with one attached hydrogen (secondary N) is 1. The first kappa shape index (κ1) is 22.7. The van der Waals surface area contributed by atoms with Gasteiger partial charge in [-0.25, -0.2) is 4.79 Å². The van der Waals surface area contributed by atoms with Crippen LogP contribution in [0.4, 0.5) is 5.69 Å². The maximum atomic E-state index is 13.2. The Hall–Kier alpha value is -4.00. The first-order valence-electron chi connectivity index (χ1n) is 10.2. The summed E-state index contributed by atoms with van der Waals surface area (Å²) >= 11 is 0. The fraction of sp³-hybridized carbons (Fsp3) is 0.200. The second-order valence-electron chi connectivity index (χ2n) is 7.25. The van der Waals surface area contributed by atoms with Crippen LogP contribution >= 0.6 is 0 Å². The lowest BCUT2D eigenvalue weighted by Gasteiger charge is -2.31. The molecular formula is C25H25N3O4. The van der Waals surface area contributed by atoms with Crippen molar-refractivity contribution >= 4 is 17.2 Å². The molecule has 1 atom stereocenters. The lowest BCUT2D eigenvalue weighted by molar-refractivity contribution is -0.384. The minimum Gasteiger partial charge on any atom is -0.458 e. The van der Waals surface area contributed by atoms with E-state index in [9.17, 15) is 14.9 Å². The lowest BCUT2D eigenvalue weighted by Crippen LogP contribution is -2.29. The number of aromatic nitrogens is 1. The van der Waals surface area contributed by atoms with Gasteiger partial charge in [-0.15, -0.1) is 0 Å². The van der Waals surface area contributed by atoms with E-state index in [2.05, 4.69) is 10.3 Å². The predicted molar refractivity (Wildman–Crippen MR) is 123 cm³/mol. The summed E-state index contributed by atoms with van der Waals surface area (Å²) in [6.07, 6.45) is 8.94. The molecule has 0 radical (unpaired) electrons. The zero-order chi connectivity index (χ0) is 23.1. The van der Waals surface area contributed by atoms with Crippen molar-refractivity contribution in [2.75, 3.05) is 6.61 Å². The van der Waals surface area contributed by atoms with Crippen molar-refractivity contribution in [3.05, 3.63) is 111 Å². The van der Waals surface area contributed by atoms with E-state index in [0.717, 1.165) is 11.3 Å². The largest absolute Gasteiger partial charge is 0.458 e. The van der Waals surface area contributed by atoms with E-state index < -0.39 is 16.8 Å². The van der Waals surface area contributed by atoms with Gasteiger partial charge < -0.3 is 10.1 Å². The van der Waals surface area contributed by atoms with Crippen LogP contribution < -0.4 is 5.32 Å². The predicted octanol–water partition coefficient (Wildman–Crippen LogP) is 5.06. The van der Waals surface area contributed by atoms with Crippen LogP contribution in [0.1, 0.15) is 37.9 Å². The second-order valence-corrected chi connectivity index (χ2v) is 7.25. The quantitative estimate of drug-likeness (QED) is 0.285. The number of nitro groups is 1. The SMILES string of the molecule is CC=CC=CCOC(=O)C1=C(C)NC(C)=C(c2ccccn2)C1c1cccc([N+](=O)[O-])c1. The van der Waals surface area contributed by atoms with Crippen molar-refractivity contribution in [3.63, 3.8) is 0 Å². The van der Waals surface area contributed by atoms with E-state index in [0.29, 0.717) is 22.5 Å². The van der Waals surface area contributed by atoms with E-state index in [1.807, 2.05) is 44.2 Å². The van der Waals surface area contributed by atoms with Crippen LogP contribution in [0.2, 0.25) is 0 Å². The Balaban J connectivity index is 2.09. The van der Waals surface area contributed by atoms with Gasteiger partial charge in [0.2, 0.25) is 0 Å². The van der Waals surface area contributed by atoms with Crippen molar-refractivity contribution in [1.29, 1.82) is 0 Å². The molecular weight excluding hydrogens is 406 g/mol. The van der Waals surface area contributed by atoms with Crippen molar-refractivity contribution in [2.24, 2.45) is 0 Å². The van der Waals surface area contributed by atoms with Gasteiger partial charge in [-0.05, 0) is 44.5 Å². The van der Waals surface area contributed by atoms with Gasteiger partial charge in [0, 0.05) is 41.2 Å². The molecule has 0 amide bonds. The first-order chi connectivity index (χ1) is 15.4. The number of pyridine rings is 1. The number of carbonyl (C=O) groups is 1. The molecule has 0 fully saturated rings. The average molecular weight is 431 g/mol. The van der Waals surface area contributed by atoms with Crippen LogP contribution in [-0.4, -0.2) is 22.5 Å². The maximum Gasteiger partial charge on any atom is 0.337 e. The highest BCUT2D eigenvalue weighted by Crippen LogP contribution is 2.43. The number of hydrogen-bond acceptors (Lipinski definition) is 6. The summed E-state index contributed by atoms with van der Waals surface area (Å²) in [6, 6.07) is 11.9. The monoisotopic (exact) mass is 431 g/mol. The Morgan fingerprint density at radius 1 is 1.19 bits per heavy atom. The number of dihydropyridines is 1. The van der Waals surface area contributed by atoms with E-state index in [1.165, 1.54) is 12.1 Å². The molecule has 0 bridgehead atoms. The molecule has 7 heteroatoms. The Labute approximate surface area is 187 Å². The van der Waals surface area contributed by atoms with Gasteiger partial charge in [-0.1, -0.05) is 36.4 Å². The van der Waals surface area contributed by atoms with Gasteiger partial charge in [-0.3, -0.25) is 15.1 Å². The third kappa shape index (κ3) is 5.00. The molecule has 1 N–H and O–H groups in total. The number of allylic oxidation sites excluding steroid dienone is 6. The smallest absolute Gasteiger partial charge is 0.337 e. The van der Waals surface area contributed by atoms with Crippen molar-refractivity contribution in [3.8, 4) is 0 Å². The number of nitro benzene ring substituents is 1. The summed E-state index contributed by atoms with van der Waals surface area (Å²) < 4.78 is 5.51. The van der Waals surface area contributed by atoms with Gasteiger partial charge in [0.1, 0.15) is 6.61 Å². The molecule has 3 rings (SSSR count). The highest BCUT2D eigenvalue weighted by atomic mass is 16.6. The topological polar surface area (TPSA) is 94.4 Å². The number of benzene rings is 1. The molecule has 0 saturated heterocycles. The van der Waals surface area contributed by atoms with Crippen LogP contribution in [-0.2, 0) is 9.53 Å². The number of carbonyl (C=O) groups excluding carboxylic acids is 1. The molecule has 1 aromatic carbocycles. The standard InChI is InChI=1S/C25H25N3O4/c1-4-5-6-9-15-32-25(29)23-18(3)27-17(2)22(21-13-7-8-14-26-21)24(23)19-11-10-12-20(16-19)28(30)31/h4-14,16,24,27H,15H2,1-3H3. The van der Waals surface area contributed by atoms with E-state index in [1.54, 1.807) is 37.4 Å². The van der Waals surface area contributed by atoms with Crippen LogP contribution in [0, 0.1) is 10.1 Å². The normalized spacial score (nSPS) is 16.5. The van der Waals surface area contributed by atoms with Gasteiger partial charge in [0.05, 0.1) is 16.2 Å². The molecule has 32 heavy (non-hydrogen) atoms. The molecule has 1 aromatic heterocycles. The highest BCUT2D eigenvalue weighted by molar-refractivity contribution is 5.97. The summed E-state index contributed by atoms with van der Waals surface area (Å²) in [5.41, 5.74) is 3.89. The number of ether oxygens (including phenoxy) is 1. The van der Waals surface area contributed by atoms with Gasteiger partial charge in [-0.2, -0.15) is 0 Å². The summed E-state index contributed by atoms with van der Waals surface area (Å²) in [5, 5.41) is 14.7. The molecule has 0 spiro atoms. The number of hydrogen-bond donors (Lipinski definition) is 1. The van der Waals surface area contributed by atoms with E-state index in [-0.39, 0.29) is 12.3 Å². The summed E-state index contributed by atoms with van der Waals surface area (Å²) in [6.45, 7) is 5.72. The molecule has 2 aromatic rings. The van der Waals surface area contributed by atoms with Crippen LogP contribution in [0.25, 0.3) is 5.57 Å². The van der Waals surface area contributed by atoms with Gasteiger partial charge in [0.15, 0.2) is 0 Å². The molecule has 1 unspecified atom stereocenters. The molecule has 0 saturated carbocycles. The van der Waals surface area contributed by atoms with Crippen molar-refractivity contribution < 1.29 is 14.5 Å². The highest BCUT2D eigenvalue weighted by Gasteiger charge is 2.35. The molecule has 7 nitrogen and oxygen atoms in total. The Morgan fingerprint density at radius 2 is 2.00 bits per heavy atom. The molecule has 1 aliphatic heterocycles. The maximum absolute atomic E-state index is 13.2. The third-order valence-corrected chi connectivity index (χ3v) is 5.09. The fourth-order valence-corrected chi connectivity index (χ4v) is 3.72. The van der Waals surface area contributed by atoms with E-state index in [4.69, 9.17) is 4.74 Å². The Bertz CT molecular complexity index is 1130. The number of esters is 1. The minimum atomic E-state index is -0.571. The van der Waals surface area contributed by atoms with Crippen LogP contribution in [0.15, 0.2) is 89.9 Å². The fourth-order valence-electron chi connectivity index (χ4n) is 3.72. The number of non-ortho nitro benzene ring substituents is 1.